The Morgan fingerprint density at radius 2 is 2.09 bits per heavy atom. The summed E-state index contributed by atoms with van der Waals surface area (Å²) in [6.07, 6.45) is 6.83. The van der Waals surface area contributed by atoms with Crippen molar-refractivity contribution in [2.24, 2.45) is 0 Å². The van der Waals surface area contributed by atoms with Gasteiger partial charge in [0.25, 0.3) is 0 Å². The van der Waals surface area contributed by atoms with Crippen molar-refractivity contribution in [1.82, 2.24) is 9.97 Å². The number of methoxy groups -OCH3 is 1. The molecule has 0 spiro atoms. The highest BCUT2D eigenvalue weighted by molar-refractivity contribution is 7.99. The Bertz CT molecular complexity index is 681. The number of nitrogens with zero attached hydrogens (tertiary/aromatic N) is 1. The smallest absolute Gasteiger partial charge is 0.166 e. The molecule has 0 amide bonds. The first-order chi connectivity index (χ1) is 10.6. The summed E-state index contributed by atoms with van der Waals surface area (Å²) in [5.41, 5.74) is 4.82. The number of rotatable bonds is 7. The molecule has 2 rings (SSSR count). The average molecular weight is 316 g/mol. The Morgan fingerprint density at radius 3 is 2.82 bits per heavy atom. The van der Waals surface area contributed by atoms with Gasteiger partial charge in [-0.3, -0.25) is 0 Å². The lowest BCUT2D eigenvalue weighted by Gasteiger charge is -1.99. The van der Waals surface area contributed by atoms with Crippen LogP contribution in [0.2, 0.25) is 0 Å². The quantitative estimate of drug-likeness (QED) is 0.552. The molecule has 0 fully saturated rings. The monoisotopic (exact) mass is 316 g/mol. The van der Waals surface area contributed by atoms with E-state index in [1.165, 1.54) is 11.1 Å². The van der Waals surface area contributed by atoms with E-state index in [2.05, 4.69) is 42.9 Å². The number of nitrogens with one attached hydrogen (secondary N) is 1. The van der Waals surface area contributed by atoms with Crippen LogP contribution in [0.1, 0.15) is 33.6 Å². The van der Waals surface area contributed by atoms with Gasteiger partial charge in [-0.2, -0.15) is 0 Å². The number of aromatic amines is 1. The third-order valence-corrected chi connectivity index (χ3v) is 4.21. The highest BCUT2D eigenvalue weighted by Gasteiger charge is 2.04. The first kappa shape index (κ1) is 16.7. The third-order valence-electron chi connectivity index (χ3n) is 3.41. The summed E-state index contributed by atoms with van der Waals surface area (Å²) >= 11 is 1.73. The first-order valence-electron chi connectivity index (χ1n) is 7.54. The second-order valence-electron chi connectivity index (χ2n) is 5.61. The van der Waals surface area contributed by atoms with Crippen LogP contribution in [0.3, 0.4) is 0 Å². The molecule has 0 atom stereocenters. The fourth-order valence-electron chi connectivity index (χ4n) is 2.11. The minimum absolute atomic E-state index is 0.850. The molecule has 0 aliphatic carbocycles. The van der Waals surface area contributed by atoms with Crippen molar-refractivity contribution < 1.29 is 4.74 Å². The predicted octanol–water partition coefficient (Wildman–Crippen LogP) is 5.36. The van der Waals surface area contributed by atoms with Crippen LogP contribution in [-0.4, -0.2) is 22.8 Å². The molecule has 0 bridgehead atoms. The van der Waals surface area contributed by atoms with E-state index in [4.69, 9.17) is 4.74 Å². The highest BCUT2D eigenvalue weighted by Crippen LogP contribution is 2.23. The van der Waals surface area contributed by atoms with Crippen LogP contribution < -0.4 is 4.74 Å². The Balaban J connectivity index is 1.90. The first-order valence-corrected chi connectivity index (χ1v) is 8.52. The zero-order chi connectivity index (χ0) is 15.9. The van der Waals surface area contributed by atoms with Crippen LogP contribution in [0.25, 0.3) is 11.0 Å². The molecular formula is C18H24N2OS. The number of benzene rings is 1. The Morgan fingerprint density at radius 1 is 1.27 bits per heavy atom. The maximum Gasteiger partial charge on any atom is 0.166 e. The molecule has 0 aliphatic rings. The molecule has 1 N–H and O–H groups in total. The molecule has 0 radical (unpaired) electrons. The van der Waals surface area contributed by atoms with Gasteiger partial charge < -0.3 is 9.72 Å². The number of hydrogen-bond acceptors (Lipinski definition) is 3. The zero-order valence-corrected chi connectivity index (χ0v) is 14.6. The van der Waals surface area contributed by atoms with E-state index in [1.54, 1.807) is 18.9 Å². The third kappa shape index (κ3) is 4.95. The summed E-state index contributed by atoms with van der Waals surface area (Å²) in [7, 11) is 1.68. The Hall–Kier alpha value is -1.68. The number of H-pyrrole nitrogens is 1. The van der Waals surface area contributed by atoms with Gasteiger partial charge in [0.15, 0.2) is 5.16 Å². The predicted molar refractivity (Wildman–Crippen MR) is 95.8 cm³/mol. The maximum atomic E-state index is 5.23. The van der Waals surface area contributed by atoms with Crippen molar-refractivity contribution in [1.29, 1.82) is 0 Å². The van der Waals surface area contributed by atoms with E-state index in [0.717, 1.165) is 40.5 Å². The number of aromatic nitrogens is 2. The standard InChI is InChI=1S/C18H24N2OS/c1-13(2)6-5-7-14(3)10-11-22-18-19-16-9-8-15(21-4)12-17(16)20-18/h6,8-10,12H,5,7,11H2,1-4H3,(H,19,20)/b14-10+. The molecule has 0 aliphatic heterocycles. The molecule has 4 heteroatoms. The van der Waals surface area contributed by atoms with E-state index >= 15 is 0 Å². The van der Waals surface area contributed by atoms with Crippen LogP contribution in [0.15, 0.2) is 46.7 Å². The van der Waals surface area contributed by atoms with E-state index < -0.39 is 0 Å². The highest BCUT2D eigenvalue weighted by atomic mass is 32.2. The van der Waals surface area contributed by atoms with Gasteiger partial charge in [0.2, 0.25) is 0 Å². The van der Waals surface area contributed by atoms with Crippen LogP contribution in [0.5, 0.6) is 5.75 Å². The average Bonchev–Trinajstić information content (AvgIpc) is 2.88. The summed E-state index contributed by atoms with van der Waals surface area (Å²) in [5.74, 6) is 1.79. The lowest BCUT2D eigenvalue weighted by Crippen LogP contribution is -1.81. The number of hydrogen-bond donors (Lipinski definition) is 1. The summed E-state index contributed by atoms with van der Waals surface area (Å²) in [4.78, 5) is 7.92. The molecule has 118 valence electrons. The molecule has 0 saturated carbocycles. The van der Waals surface area contributed by atoms with Gasteiger partial charge in [0.05, 0.1) is 18.1 Å². The fourth-order valence-corrected chi connectivity index (χ4v) is 2.98. The molecular weight excluding hydrogens is 292 g/mol. The summed E-state index contributed by atoms with van der Waals surface area (Å²) in [6, 6.07) is 5.90. The second kappa shape index (κ2) is 8.08. The van der Waals surface area contributed by atoms with Crippen LogP contribution in [-0.2, 0) is 0 Å². The van der Waals surface area contributed by atoms with Crippen molar-refractivity contribution in [3.63, 3.8) is 0 Å². The molecule has 0 unspecified atom stereocenters. The molecule has 0 saturated heterocycles. The lowest BCUT2D eigenvalue weighted by molar-refractivity contribution is 0.415. The van der Waals surface area contributed by atoms with Crippen molar-refractivity contribution in [2.75, 3.05) is 12.9 Å². The topological polar surface area (TPSA) is 37.9 Å². The lowest BCUT2D eigenvalue weighted by atomic mass is 10.1. The molecule has 1 heterocycles. The Kier molecular flexibility index (Phi) is 6.13. The molecule has 2 aromatic rings. The van der Waals surface area contributed by atoms with Crippen LogP contribution in [0, 0.1) is 0 Å². The normalized spacial score (nSPS) is 11.7. The van der Waals surface area contributed by atoms with Crippen LogP contribution >= 0.6 is 11.8 Å². The van der Waals surface area contributed by atoms with Gasteiger partial charge in [0.1, 0.15) is 5.75 Å². The number of imidazole rings is 1. The number of ether oxygens (including phenoxy) is 1. The van der Waals surface area contributed by atoms with Gasteiger partial charge in [-0.05, 0) is 45.7 Å². The summed E-state index contributed by atoms with van der Waals surface area (Å²) < 4.78 is 5.23. The molecule has 22 heavy (non-hydrogen) atoms. The number of allylic oxidation sites excluding steroid dienone is 3. The van der Waals surface area contributed by atoms with E-state index in [1.807, 2.05) is 18.2 Å². The Labute approximate surface area is 136 Å². The fraction of sp³-hybridized carbons (Fsp3) is 0.389. The van der Waals surface area contributed by atoms with Crippen LogP contribution in [0.4, 0.5) is 0 Å². The zero-order valence-electron chi connectivity index (χ0n) is 13.8. The van der Waals surface area contributed by atoms with Gasteiger partial charge >= 0.3 is 0 Å². The molecule has 3 nitrogen and oxygen atoms in total. The molecule has 1 aromatic heterocycles. The SMILES string of the molecule is COc1ccc2nc(SC/C=C(\C)CCC=C(C)C)[nH]c2c1. The number of fused-ring (bicyclic) bond motifs is 1. The molecule has 1 aromatic carbocycles. The summed E-state index contributed by atoms with van der Waals surface area (Å²) in [6.45, 7) is 6.49. The van der Waals surface area contributed by atoms with Crippen molar-refractivity contribution in [3.8, 4) is 5.75 Å². The number of thioether (sulfide) groups is 1. The largest absolute Gasteiger partial charge is 0.497 e. The van der Waals surface area contributed by atoms with Crippen molar-refractivity contribution >= 4 is 22.8 Å². The van der Waals surface area contributed by atoms with Crippen molar-refractivity contribution in [2.45, 2.75) is 38.8 Å². The van der Waals surface area contributed by atoms with E-state index in [9.17, 15) is 0 Å². The van der Waals surface area contributed by atoms with E-state index in [-0.39, 0.29) is 0 Å². The van der Waals surface area contributed by atoms with Crippen molar-refractivity contribution in [3.05, 3.63) is 41.5 Å². The van der Waals surface area contributed by atoms with Gasteiger partial charge in [-0.15, -0.1) is 0 Å². The minimum atomic E-state index is 0.850. The maximum absolute atomic E-state index is 5.23. The van der Waals surface area contributed by atoms with Gasteiger partial charge in [-0.25, -0.2) is 4.98 Å². The second-order valence-corrected chi connectivity index (χ2v) is 6.62. The minimum Gasteiger partial charge on any atom is -0.497 e. The van der Waals surface area contributed by atoms with Gasteiger partial charge in [-0.1, -0.05) is 35.1 Å². The van der Waals surface area contributed by atoms with Gasteiger partial charge in [0, 0.05) is 11.8 Å². The summed E-state index contributed by atoms with van der Waals surface area (Å²) in [5, 5.41) is 0.955. The van der Waals surface area contributed by atoms with E-state index in [0.29, 0.717) is 0 Å².